The zero-order chi connectivity index (χ0) is 9.84. The largest absolute Gasteiger partial charge is 0.384 e. The number of carbonyl (C=O) groups excluding carboxylic acids is 1. The molecule has 0 saturated heterocycles. The summed E-state index contributed by atoms with van der Waals surface area (Å²) >= 11 is 0. The average molecular weight is 180 g/mol. The number of anilines is 1. The summed E-state index contributed by atoms with van der Waals surface area (Å²) in [5.74, 6) is 0.340. The maximum absolute atomic E-state index is 10.8. The van der Waals surface area contributed by atoms with Gasteiger partial charge >= 0.3 is 0 Å². The number of amides is 1. The van der Waals surface area contributed by atoms with Gasteiger partial charge in [0.25, 0.3) is 0 Å². The second-order valence-electron chi connectivity index (χ2n) is 2.60. The molecule has 1 amide bonds. The summed E-state index contributed by atoms with van der Waals surface area (Å²) in [5.41, 5.74) is 6.46. The number of hydrogen-bond acceptors (Lipinski definition) is 3. The normalized spacial score (nSPS) is 9.62. The fourth-order valence-electron chi connectivity index (χ4n) is 0.883. The first kappa shape index (κ1) is 9.31. The van der Waals surface area contributed by atoms with Crippen LogP contribution in [0.4, 0.5) is 5.82 Å². The van der Waals surface area contributed by atoms with Crippen molar-refractivity contribution in [1.29, 1.82) is 0 Å². The van der Waals surface area contributed by atoms with Crippen molar-refractivity contribution in [3.63, 3.8) is 0 Å². The molecular formula is C8H12N4O. The van der Waals surface area contributed by atoms with E-state index in [0.717, 1.165) is 5.56 Å². The van der Waals surface area contributed by atoms with Gasteiger partial charge in [0.15, 0.2) is 0 Å². The van der Waals surface area contributed by atoms with Gasteiger partial charge in [-0.3, -0.25) is 9.48 Å². The summed E-state index contributed by atoms with van der Waals surface area (Å²) in [6.45, 7) is 3.72. The summed E-state index contributed by atoms with van der Waals surface area (Å²) in [4.78, 5) is 10.8. The lowest BCUT2D eigenvalue weighted by molar-refractivity contribution is -0.116. The molecule has 3 N–H and O–H groups in total. The molecule has 13 heavy (non-hydrogen) atoms. The van der Waals surface area contributed by atoms with Crippen molar-refractivity contribution in [2.75, 3.05) is 5.73 Å². The Balaban J connectivity index is 2.59. The highest BCUT2D eigenvalue weighted by Crippen LogP contribution is 2.07. The Morgan fingerprint density at radius 3 is 3.08 bits per heavy atom. The van der Waals surface area contributed by atoms with Gasteiger partial charge in [0.05, 0.1) is 6.20 Å². The second-order valence-corrected chi connectivity index (χ2v) is 2.60. The molecule has 0 fully saturated rings. The molecule has 5 heteroatoms. The third kappa shape index (κ3) is 2.08. The van der Waals surface area contributed by atoms with Crippen LogP contribution >= 0.6 is 0 Å². The Bertz CT molecular complexity index is 329. The van der Waals surface area contributed by atoms with Gasteiger partial charge in [0, 0.05) is 19.2 Å². The molecule has 70 valence electrons. The van der Waals surface area contributed by atoms with Crippen molar-refractivity contribution >= 4 is 11.7 Å². The van der Waals surface area contributed by atoms with E-state index in [0.29, 0.717) is 12.4 Å². The second kappa shape index (κ2) is 3.75. The van der Waals surface area contributed by atoms with Crippen LogP contribution in [0.5, 0.6) is 0 Å². The van der Waals surface area contributed by atoms with E-state index in [4.69, 9.17) is 5.73 Å². The molecule has 5 nitrogen and oxygen atoms in total. The van der Waals surface area contributed by atoms with Crippen LogP contribution in [0.1, 0.15) is 5.56 Å². The molecule has 0 aromatic carbocycles. The van der Waals surface area contributed by atoms with Gasteiger partial charge in [-0.05, 0) is 6.08 Å². The minimum absolute atomic E-state index is 0.219. The Kier molecular flexibility index (Phi) is 2.69. The molecule has 0 aliphatic rings. The first-order valence-electron chi connectivity index (χ1n) is 3.81. The third-order valence-corrected chi connectivity index (χ3v) is 1.70. The van der Waals surface area contributed by atoms with Crippen LogP contribution in [0.2, 0.25) is 0 Å². The number of carbonyl (C=O) groups is 1. The number of nitrogens with zero attached hydrogens (tertiary/aromatic N) is 2. The lowest BCUT2D eigenvalue weighted by Crippen LogP contribution is -2.20. The van der Waals surface area contributed by atoms with Gasteiger partial charge in [0.1, 0.15) is 5.82 Å². The first-order valence-corrected chi connectivity index (χ1v) is 3.81. The molecule has 0 aliphatic heterocycles. The zero-order valence-electron chi connectivity index (χ0n) is 7.45. The van der Waals surface area contributed by atoms with Crippen molar-refractivity contribution < 1.29 is 4.79 Å². The van der Waals surface area contributed by atoms with Crippen LogP contribution < -0.4 is 11.1 Å². The molecule has 1 rings (SSSR count). The predicted octanol–water partition coefficient (Wildman–Crippen LogP) is -0.196. The van der Waals surface area contributed by atoms with Gasteiger partial charge in [-0.1, -0.05) is 6.58 Å². The molecule has 1 aromatic heterocycles. The number of aryl methyl sites for hydroxylation is 1. The number of nitrogens with one attached hydrogen (secondary N) is 1. The molecule has 0 aliphatic carbocycles. The number of nitrogen functional groups attached to an aromatic ring is 1. The van der Waals surface area contributed by atoms with Crippen LogP contribution in [-0.4, -0.2) is 15.7 Å². The molecule has 0 saturated carbocycles. The van der Waals surface area contributed by atoms with Crippen molar-refractivity contribution in [2.45, 2.75) is 6.54 Å². The summed E-state index contributed by atoms with van der Waals surface area (Å²) in [6, 6.07) is 0. The molecule has 0 atom stereocenters. The van der Waals surface area contributed by atoms with Gasteiger partial charge in [-0.2, -0.15) is 5.10 Å². The van der Waals surface area contributed by atoms with E-state index in [1.165, 1.54) is 6.08 Å². The summed E-state index contributed by atoms with van der Waals surface area (Å²) in [7, 11) is 1.74. The van der Waals surface area contributed by atoms with E-state index >= 15 is 0 Å². The molecule has 0 bridgehead atoms. The summed E-state index contributed by atoms with van der Waals surface area (Å²) < 4.78 is 1.55. The predicted molar refractivity (Wildman–Crippen MR) is 49.7 cm³/mol. The van der Waals surface area contributed by atoms with Gasteiger partial charge in [-0.15, -0.1) is 0 Å². The topological polar surface area (TPSA) is 72.9 Å². The summed E-state index contributed by atoms with van der Waals surface area (Å²) in [5, 5.41) is 6.55. The molecular weight excluding hydrogens is 168 g/mol. The lowest BCUT2D eigenvalue weighted by atomic mass is 10.3. The van der Waals surface area contributed by atoms with E-state index in [2.05, 4.69) is 17.0 Å². The van der Waals surface area contributed by atoms with Crippen LogP contribution in [-0.2, 0) is 18.4 Å². The monoisotopic (exact) mass is 180 g/mol. The maximum atomic E-state index is 10.8. The Labute approximate surface area is 76.2 Å². The Hall–Kier alpha value is -1.78. The highest BCUT2D eigenvalue weighted by Gasteiger charge is 2.04. The average Bonchev–Trinajstić information content (AvgIpc) is 2.44. The smallest absolute Gasteiger partial charge is 0.243 e. The molecule has 0 radical (unpaired) electrons. The fraction of sp³-hybridized carbons (Fsp3) is 0.250. The lowest BCUT2D eigenvalue weighted by Gasteiger charge is -2.00. The zero-order valence-corrected chi connectivity index (χ0v) is 7.45. The molecule has 0 unspecified atom stereocenters. The first-order chi connectivity index (χ1) is 6.15. The Morgan fingerprint density at radius 1 is 1.92 bits per heavy atom. The number of hydrogen-bond donors (Lipinski definition) is 2. The molecule has 1 aromatic rings. The van der Waals surface area contributed by atoms with Crippen molar-refractivity contribution in [2.24, 2.45) is 7.05 Å². The Morgan fingerprint density at radius 2 is 2.62 bits per heavy atom. The maximum Gasteiger partial charge on any atom is 0.243 e. The minimum atomic E-state index is -0.219. The summed E-state index contributed by atoms with van der Waals surface area (Å²) in [6.07, 6.45) is 2.84. The van der Waals surface area contributed by atoms with Gasteiger partial charge in [-0.25, -0.2) is 0 Å². The highest BCUT2D eigenvalue weighted by atomic mass is 16.1. The molecule has 1 heterocycles. The fourth-order valence-corrected chi connectivity index (χ4v) is 0.883. The quantitative estimate of drug-likeness (QED) is 0.633. The van der Waals surface area contributed by atoms with E-state index in [9.17, 15) is 4.79 Å². The van der Waals surface area contributed by atoms with Crippen LogP contribution in [0, 0.1) is 0 Å². The van der Waals surface area contributed by atoms with Crippen LogP contribution in [0.25, 0.3) is 0 Å². The third-order valence-electron chi connectivity index (χ3n) is 1.70. The number of aromatic nitrogens is 2. The number of nitrogens with two attached hydrogens (primary N) is 1. The van der Waals surface area contributed by atoms with Gasteiger partial charge in [0.2, 0.25) is 5.91 Å². The molecule has 0 spiro atoms. The van der Waals surface area contributed by atoms with E-state index in [1.807, 2.05) is 0 Å². The highest BCUT2D eigenvalue weighted by molar-refractivity contribution is 5.86. The van der Waals surface area contributed by atoms with E-state index in [-0.39, 0.29) is 5.91 Å². The van der Waals surface area contributed by atoms with E-state index < -0.39 is 0 Å². The van der Waals surface area contributed by atoms with Crippen molar-refractivity contribution in [3.05, 3.63) is 24.4 Å². The standard InChI is InChI=1S/C8H12N4O/c1-3-7(13)10-4-6-5-11-12(2)8(6)9/h3,5H,1,4,9H2,2H3,(H,10,13). The number of rotatable bonds is 3. The van der Waals surface area contributed by atoms with Crippen LogP contribution in [0.15, 0.2) is 18.9 Å². The van der Waals surface area contributed by atoms with Gasteiger partial charge < -0.3 is 11.1 Å². The minimum Gasteiger partial charge on any atom is -0.384 e. The van der Waals surface area contributed by atoms with Crippen molar-refractivity contribution in [1.82, 2.24) is 15.1 Å². The SMILES string of the molecule is C=CC(=O)NCc1cnn(C)c1N. The van der Waals surface area contributed by atoms with E-state index in [1.54, 1.807) is 17.9 Å². The van der Waals surface area contributed by atoms with Crippen molar-refractivity contribution in [3.8, 4) is 0 Å². The van der Waals surface area contributed by atoms with Crippen LogP contribution in [0.3, 0.4) is 0 Å².